The van der Waals surface area contributed by atoms with Crippen LogP contribution < -0.4 is 14.9 Å². The minimum Gasteiger partial charge on any atom is -0.493 e. The van der Waals surface area contributed by atoms with Crippen LogP contribution in [0.1, 0.15) is 25.0 Å². The van der Waals surface area contributed by atoms with Crippen molar-refractivity contribution >= 4 is 18.4 Å². The summed E-state index contributed by atoms with van der Waals surface area (Å²) in [6.07, 6.45) is 4.84. The molecule has 8 heteroatoms. The van der Waals surface area contributed by atoms with Gasteiger partial charge in [0, 0.05) is 11.1 Å². The van der Waals surface area contributed by atoms with E-state index in [0.29, 0.717) is 19.2 Å². The zero-order valence-corrected chi connectivity index (χ0v) is 15.8. The molecule has 144 valence electrons. The van der Waals surface area contributed by atoms with Crippen LogP contribution in [0.25, 0.3) is 0 Å². The molecular weight excluding hydrogens is 356 g/mol. The molecule has 0 aliphatic carbocycles. The van der Waals surface area contributed by atoms with E-state index in [4.69, 9.17) is 9.47 Å². The molecule has 8 nitrogen and oxygen atoms in total. The van der Waals surface area contributed by atoms with Gasteiger partial charge in [0.25, 0.3) is 5.95 Å². The van der Waals surface area contributed by atoms with Crippen LogP contribution in [0.15, 0.2) is 65.1 Å². The van der Waals surface area contributed by atoms with E-state index in [1.807, 2.05) is 62.4 Å². The molecule has 2 aromatic carbocycles. The van der Waals surface area contributed by atoms with Crippen LogP contribution in [0.5, 0.6) is 11.5 Å². The van der Waals surface area contributed by atoms with E-state index < -0.39 is 0 Å². The van der Waals surface area contributed by atoms with Crippen LogP contribution in [-0.2, 0) is 0 Å². The number of aromatic nitrogens is 3. The average molecular weight is 378 g/mol. The van der Waals surface area contributed by atoms with Gasteiger partial charge in [0.1, 0.15) is 17.8 Å². The Labute approximate surface area is 163 Å². The third kappa shape index (κ3) is 4.94. The van der Waals surface area contributed by atoms with Gasteiger partial charge in [-0.15, -0.1) is 10.2 Å². The topological polar surface area (TPSA) is 85.9 Å². The summed E-state index contributed by atoms with van der Waals surface area (Å²) in [6, 6.07) is 15.3. The number of nitrogens with zero attached hydrogens (tertiary/aromatic N) is 5. The summed E-state index contributed by atoms with van der Waals surface area (Å²) in [7, 11) is 0. The first-order chi connectivity index (χ1) is 13.8. The van der Waals surface area contributed by atoms with E-state index in [1.165, 1.54) is 11.0 Å². The first-order valence-corrected chi connectivity index (χ1v) is 8.99. The lowest BCUT2D eigenvalue weighted by atomic mass is 10.2. The summed E-state index contributed by atoms with van der Waals surface area (Å²) >= 11 is 0. The Hall–Kier alpha value is -3.68. The number of hydrogen-bond acceptors (Lipinski definition) is 7. The molecule has 0 unspecified atom stereocenters. The molecule has 0 saturated carbocycles. The third-order valence-corrected chi connectivity index (χ3v) is 3.66. The lowest BCUT2D eigenvalue weighted by Gasteiger charge is -2.06. The van der Waals surface area contributed by atoms with Crippen molar-refractivity contribution in [2.24, 2.45) is 10.2 Å². The van der Waals surface area contributed by atoms with Crippen molar-refractivity contribution in [3.05, 3.63) is 66.0 Å². The van der Waals surface area contributed by atoms with Crippen molar-refractivity contribution in [3.8, 4) is 11.5 Å². The largest absolute Gasteiger partial charge is 0.493 e. The monoisotopic (exact) mass is 378 g/mol. The second-order valence-corrected chi connectivity index (χ2v) is 5.56. The molecule has 0 fully saturated rings. The normalized spacial score (nSPS) is 11.2. The predicted octanol–water partition coefficient (Wildman–Crippen LogP) is 3.40. The molecular formula is C20H22N6O2. The molecule has 3 rings (SSSR count). The number of ether oxygens (including phenoxy) is 2. The highest BCUT2D eigenvalue weighted by atomic mass is 16.5. The number of para-hydroxylation sites is 2. The summed E-state index contributed by atoms with van der Waals surface area (Å²) < 4.78 is 12.7. The van der Waals surface area contributed by atoms with Crippen molar-refractivity contribution in [2.75, 3.05) is 18.6 Å². The van der Waals surface area contributed by atoms with Gasteiger partial charge in [-0.05, 0) is 38.1 Å². The minimum absolute atomic E-state index is 0.385. The SMILES string of the molecule is CCOc1ccccc1C=NNc1nncn1N=Cc1ccccc1OCC. The molecule has 0 radical (unpaired) electrons. The van der Waals surface area contributed by atoms with Gasteiger partial charge in [-0.25, -0.2) is 5.43 Å². The molecule has 0 aliphatic rings. The van der Waals surface area contributed by atoms with E-state index in [0.717, 1.165) is 22.6 Å². The number of rotatable bonds is 9. The van der Waals surface area contributed by atoms with Gasteiger partial charge in [-0.3, -0.25) is 0 Å². The highest BCUT2D eigenvalue weighted by molar-refractivity contribution is 5.84. The van der Waals surface area contributed by atoms with Crippen molar-refractivity contribution in [1.82, 2.24) is 14.9 Å². The molecule has 0 aliphatic heterocycles. The third-order valence-electron chi connectivity index (χ3n) is 3.66. The van der Waals surface area contributed by atoms with Crippen LogP contribution in [0.4, 0.5) is 5.95 Å². The Kier molecular flexibility index (Phi) is 6.73. The number of nitrogens with one attached hydrogen (secondary N) is 1. The Bertz CT molecular complexity index is 951. The van der Waals surface area contributed by atoms with Crippen molar-refractivity contribution < 1.29 is 9.47 Å². The van der Waals surface area contributed by atoms with Crippen molar-refractivity contribution in [2.45, 2.75) is 13.8 Å². The van der Waals surface area contributed by atoms with Crippen LogP contribution in [-0.4, -0.2) is 40.5 Å². The van der Waals surface area contributed by atoms with Gasteiger partial charge >= 0.3 is 0 Å². The number of hydrogen-bond donors (Lipinski definition) is 1. The zero-order chi connectivity index (χ0) is 19.6. The number of hydrazone groups is 1. The number of benzene rings is 2. The summed E-state index contributed by atoms with van der Waals surface area (Å²) in [5.74, 6) is 1.92. The molecule has 28 heavy (non-hydrogen) atoms. The van der Waals surface area contributed by atoms with Crippen LogP contribution in [0.3, 0.4) is 0 Å². The first-order valence-electron chi connectivity index (χ1n) is 8.99. The number of anilines is 1. The van der Waals surface area contributed by atoms with Crippen LogP contribution in [0, 0.1) is 0 Å². The quantitative estimate of drug-likeness (QED) is 0.456. The molecule has 1 aromatic heterocycles. The minimum atomic E-state index is 0.385. The maximum absolute atomic E-state index is 5.60. The van der Waals surface area contributed by atoms with E-state index >= 15 is 0 Å². The molecule has 0 saturated heterocycles. The van der Waals surface area contributed by atoms with Gasteiger partial charge in [0.05, 0.1) is 25.6 Å². The van der Waals surface area contributed by atoms with E-state index in [-0.39, 0.29) is 0 Å². The molecule has 0 bridgehead atoms. The van der Waals surface area contributed by atoms with Crippen LogP contribution in [0.2, 0.25) is 0 Å². The van der Waals surface area contributed by atoms with Crippen molar-refractivity contribution in [1.29, 1.82) is 0 Å². The summed E-state index contributed by atoms with van der Waals surface area (Å²) in [5.41, 5.74) is 4.56. The Balaban J connectivity index is 1.71. The average Bonchev–Trinajstić information content (AvgIpc) is 3.16. The molecule has 3 aromatic rings. The van der Waals surface area contributed by atoms with E-state index in [9.17, 15) is 0 Å². The van der Waals surface area contributed by atoms with Gasteiger partial charge in [-0.1, -0.05) is 24.3 Å². The van der Waals surface area contributed by atoms with Gasteiger partial charge < -0.3 is 9.47 Å². The maximum Gasteiger partial charge on any atom is 0.265 e. The van der Waals surface area contributed by atoms with Gasteiger partial charge in [-0.2, -0.15) is 14.9 Å². The maximum atomic E-state index is 5.60. The summed E-state index contributed by atoms with van der Waals surface area (Å²) in [6.45, 7) is 5.06. The summed E-state index contributed by atoms with van der Waals surface area (Å²) in [4.78, 5) is 0. The zero-order valence-electron chi connectivity index (χ0n) is 15.8. The highest BCUT2D eigenvalue weighted by Gasteiger charge is 2.03. The molecule has 1 heterocycles. The molecule has 0 atom stereocenters. The molecule has 1 N–H and O–H groups in total. The fraction of sp³-hybridized carbons (Fsp3) is 0.200. The highest BCUT2D eigenvalue weighted by Crippen LogP contribution is 2.17. The smallest absolute Gasteiger partial charge is 0.265 e. The van der Waals surface area contributed by atoms with E-state index in [2.05, 4.69) is 25.8 Å². The Morgan fingerprint density at radius 1 is 0.929 bits per heavy atom. The first kappa shape index (κ1) is 19.1. The lowest BCUT2D eigenvalue weighted by molar-refractivity contribution is 0.339. The van der Waals surface area contributed by atoms with Crippen molar-refractivity contribution in [3.63, 3.8) is 0 Å². The summed E-state index contributed by atoms with van der Waals surface area (Å²) in [5, 5.41) is 16.5. The predicted molar refractivity (Wildman–Crippen MR) is 109 cm³/mol. The van der Waals surface area contributed by atoms with E-state index in [1.54, 1.807) is 12.4 Å². The second-order valence-electron chi connectivity index (χ2n) is 5.56. The Morgan fingerprint density at radius 3 is 2.18 bits per heavy atom. The van der Waals surface area contributed by atoms with Gasteiger partial charge in [0.15, 0.2) is 0 Å². The van der Waals surface area contributed by atoms with Crippen LogP contribution >= 0.6 is 0 Å². The van der Waals surface area contributed by atoms with Gasteiger partial charge in [0.2, 0.25) is 0 Å². The Morgan fingerprint density at radius 2 is 1.54 bits per heavy atom. The fourth-order valence-corrected chi connectivity index (χ4v) is 2.42. The lowest BCUT2D eigenvalue weighted by Crippen LogP contribution is -2.01. The fourth-order valence-electron chi connectivity index (χ4n) is 2.42. The molecule has 0 amide bonds. The standard InChI is InChI=1S/C20H22N6O2/c1-3-27-18-11-7-5-9-16(18)13-21-24-20-25-22-15-26(20)23-14-17-10-6-8-12-19(17)28-4-2/h5-15H,3-4H2,1-2H3,(H,24,25). The second kappa shape index (κ2) is 9.86. The molecule has 0 spiro atoms.